The molecule has 5 rings (SSSR count). The van der Waals surface area contributed by atoms with Gasteiger partial charge < -0.3 is 20.1 Å². The molecular formula is C30H32N6OS. The average molecular weight is 525 g/mol. The smallest absolute Gasteiger partial charge is 0.226 e. The molecule has 0 unspecified atom stereocenters. The van der Waals surface area contributed by atoms with Crippen LogP contribution in [0, 0.1) is 27.7 Å². The number of para-hydroxylation sites is 1. The third-order valence-corrected chi connectivity index (χ3v) is 7.47. The first-order chi connectivity index (χ1) is 18.3. The molecule has 1 aliphatic heterocycles. The Hall–Kier alpha value is -4.04. The first-order valence-electron chi connectivity index (χ1n) is 12.8. The maximum absolute atomic E-state index is 12.9. The number of carbonyl (C=O) groups is 1. The van der Waals surface area contributed by atoms with Gasteiger partial charge in [-0.15, -0.1) is 0 Å². The SMILES string of the molecule is Cc1ccnc(-n2c(C)cc([C@@H]3[C@@H](c4ccccn4)NC(=S)N3CCC(=O)Nc3ccccc3C)c2C)c1. The Morgan fingerprint density at radius 1 is 1.00 bits per heavy atom. The van der Waals surface area contributed by atoms with Crippen molar-refractivity contribution >= 4 is 28.9 Å². The van der Waals surface area contributed by atoms with Gasteiger partial charge in [0.15, 0.2) is 5.11 Å². The zero-order valence-corrected chi connectivity index (χ0v) is 22.9. The molecule has 4 heterocycles. The van der Waals surface area contributed by atoms with Gasteiger partial charge in [-0.2, -0.15) is 0 Å². The van der Waals surface area contributed by atoms with E-state index in [1.165, 1.54) is 0 Å². The summed E-state index contributed by atoms with van der Waals surface area (Å²) in [5.41, 5.74) is 7.23. The normalized spacial score (nSPS) is 16.9. The van der Waals surface area contributed by atoms with E-state index in [4.69, 9.17) is 12.2 Å². The van der Waals surface area contributed by atoms with Crippen LogP contribution in [0.2, 0.25) is 0 Å². The standard InChI is InChI=1S/C30H32N6OS/c1-19-12-15-32-26(17-19)36-21(3)18-23(22(36)4)29-28(25-11-7-8-14-31-25)34-30(38)35(29)16-13-27(37)33-24-10-6-5-9-20(24)2/h5-12,14-15,17-18,28-29H,13,16H2,1-4H3,(H,33,37)(H,34,38)/t28-,29-/m1/s1. The number of amides is 1. The summed E-state index contributed by atoms with van der Waals surface area (Å²) in [6, 6.07) is 19.7. The van der Waals surface area contributed by atoms with E-state index >= 15 is 0 Å². The van der Waals surface area contributed by atoms with E-state index in [2.05, 4.69) is 63.0 Å². The van der Waals surface area contributed by atoms with Crippen molar-refractivity contribution in [3.8, 4) is 5.82 Å². The van der Waals surface area contributed by atoms with Crippen LogP contribution in [0.4, 0.5) is 5.69 Å². The van der Waals surface area contributed by atoms with E-state index in [0.717, 1.165) is 45.3 Å². The van der Waals surface area contributed by atoms with Gasteiger partial charge in [0.1, 0.15) is 5.82 Å². The summed E-state index contributed by atoms with van der Waals surface area (Å²) < 4.78 is 2.18. The van der Waals surface area contributed by atoms with E-state index in [9.17, 15) is 4.79 Å². The van der Waals surface area contributed by atoms with Crippen molar-refractivity contribution in [2.45, 2.75) is 46.2 Å². The largest absolute Gasteiger partial charge is 0.352 e. The maximum Gasteiger partial charge on any atom is 0.226 e. The molecule has 0 radical (unpaired) electrons. The van der Waals surface area contributed by atoms with E-state index in [1.807, 2.05) is 61.7 Å². The lowest BCUT2D eigenvalue weighted by molar-refractivity contribution is -0.116. The van der Waals surface area contributed by atoms with Crippen LogP contribution in [0.25, 0.3) is 5.82 Å². The van der Waals surface area contributed by atoms with Gasteiger partial charge in [0.25, 0.3) is 0 Å². The molecule has 1 saturated heterocycles. The van der Waals surface area contributed by atoms with Gasteiger partial charge in [-0.25, -0.2) is 4.98 Å². The summed E-state index contributed by atoms with van der Waals surface area (Å²) in [7, 11) is 0. The van der Waals surface area contributed by atoms with E-state index < -0.39 is 0 Å². The monoisotopic (exact) mass is 524 g/mol. The van der Waals surface area contributed by atoms with Crippen LogP contribution < -0.4 is 10.6 Å². The molecule has 8 heteroatoms. The summed E-state index contributed by atoms with van der Waals surface area (Å²) in [5.74, 6) is 0.842. The Morgan fingerprint density at radius 3 is 2.53 bits per heavy atom. The molecule has 7 nitrogen and oxygen atoms in total. The van der Waals surface area contributed by atoms with E-state index in [1.54, 1.807) is 6.20 Å². The second-order valence-corrected chi connectivity index (χ2v) is 10.2. The Labute approximate surface area is 228 Å². The Bertz CT molecular complexity index is 1480. The molecule has 0 aliphatic carbocycles. The molecule has 1 aromatic carbocycles. The number of aryl methyl sites for hydroxylation is 3. The zero-order valence-electron chi connectivity index (χ0n) is 22.1. The van der Waals surface area contributed by atoms with Crippen molar-refractivity contribution in [1.82, 2.24) is 24.8 Å². The maximum atomic E-state index is 12.9. The number of nitrogens with one attached hydrogen (secondary N) is 2. The number of pyridine rings is 2. The van der Waals surface area contributed by atoms with Gasteiger partial charge in [-0.05, 0) is 93.0 Å². The summed E-state index contributed by atoms with van der Waals surface area (Å²) in [6.45, 7) is 8.75. The minimum absolute atomic E-state index is 0.0448. The first kappa shape index (κ1) is 25.6. The molecule has 4 aromatic rings. The lowest BCUT2D eigenvalue weighted by Gasteiger charge is -2.28. The first-order valence-corrected chi connectivity index (χ1v) is 13.2. The summed E-state index contributed by atoms with van der Waals surface area (Å²) >= 11 is 5.83. The van der Waals surface area contributed by atoms with Gasteiger partial charge in [-0.3, -0.25) is 9.78 Å². The molecule has 2 atom stereocenters. The van der Waals surface area contributed by atoms with Gasteiger partial charge in [0.2, 0.25) is 5.91 Å². The van der Waals surface area contributed by atoms with Crippen LogP contribution in [0.5, 0.6) is 0 Å². The predicted octanol–water partition coefficient (Wildman–Crippen LogP) is 5.50. The lowest BCUT2D eigenvalue weighted by Crippen LogP contribution is -2.33. The Balaban J connectivity index is 1.48. The van der Waals surface area contributed by atoms with E-state index in [-0.39, 0.29) is 18.0 Å². The van der Waals surface area contributed by atoms with Crippen LogP contribution in [0.1, 0.15) is 52.3 Å². The molecule has 0 spiro atoms. The molecule has 0 saturated carbocycles. The third-order valence-electron chi connectivity index (χ3n) is 7.12. The fraction of sp³-hybridized carbons (Fsp3) is 0.267. The van der Waals surface area contributed by atoms with Crippen LogP contribution in [-0.2, 0) is 4.79 Å². The molecule has 1 fully saturated rings. The summed E-state index contributed by atoms with van der Waals surface area (Å²) in [5, 5.41) is 7.16. The molecule has 38 heavy (non-hydrogen) atoms. The van der Waals surface area contributed by atoms with Gasteiger partial charge in [0, 0.05) is 42.4 Å². The highest BCUT2D eigenvalue weighted by molar-refractivity contribution is 7.80. The second-order valence-electron chi connectivity index (χ2n) is 9.79. The molecule has 2 N–H and O–H groups in total. The Morgan fingerprint density at radius 2 is 1.79 bits per heavy atom. The minimum atomic E-state index is -0.150. The van der Waals surface area contributed by atoms with Crippen molar-refractivity contribution in [1.29, 1.82) is 0 Å². The van der Waals surface area contributed by atoms with Crippen LogP contribution >= 0.6 is 12.2 Å². The summed E-state index contributed by atoms with van der Waals surface area (Å²) in [4.78, 5) is 24.3. The van der Waals surface area contributed by atoms with Gasteiger partial charge >= 0.3 is 0 Å². The number of hydrogen-bond acceptors (Lipinski definition) is 4. The summed E-state index contributed by atoms with van der Waals surface area (Å²) in [6.07, 6.45) is 3.95. The molecule has 1 aliphatic rings. The highest BCUT2D eigenvalue weighted by atomic mass is 32.1. The van der Waals surface area contributed by atoms with Crippen molar-refractivity contribution < 1.29 is 4.79 Å². The fourth-order valence-corrected chi connectivity index (χ4v) is 5.55. The molecule has 1 amide bonds. The average Bonchev–Trinajstić information content (AvgIpc) is 3.39. The van der Waals surface area contributed by atoms with Crippen LogP contribution in [0.3, 0.4) is 0 Å². The van der Waals surface area contributed by atoms with Crippen molar-refractivity contribution in [2.75, 3.05) is 11.9 Å². The zero-order chi connectivity index (χ0) is 26.8. The second kappa shape index (κ2) is 10.8. The van der Waals surface area contributed by atoms with Crippen molar-refractivity contribution in [2.24, 2.45) is 0 Å². The predicted molar refractivity (Wildman–Crippen MR) is 154 cm³/mol. The molecule has 3 aromatic heterocycles. The quantitative estimate of drug-likeness (QED) is 0.311. The molecule has 194 valence electrons. The van der Waals surface area contributed by atoms with Gasteiger partial charge in [-0.1, -0.05) is 24.3 Å². The lowest BCUT2D eigenvalue weighted by atomic mass is 9.96. The highest BCUT2D eigenvalue weighted by Gasteiger charge is 2.41. The Kier molecular flexibility index (Phi) is 7.24. The van der Waals surface area contributed by atoms with Crippen molar-refractivity contribution in [3.63, 3.8) is 0 Å². The molecular weight excluding hydrogens is 492 g/mol. The molecule has 0 bridgehead atoms. The number of aromatic nitrogens is 3. The fourth-order valence-electron chi connectivity index (χ4n) is 5.21. The third kappa shape index (κ3) is 5.04. The van der Waals surface area contributed by atoms with Crippen LogP contribution in [0.15, 0.2) is 73.1 Å². The number of nitrogens with zero attached hydrogens (tertiary/aromatic N) is 4. The van der Waals surface area contributed by atoms with Gasteiger partial charge in [0.05, 0.1) is 17.8 Å². The van der Waals surface area contributed by atoms with E-state index in [0.29, 0.717) is 18.1 Å². The number of benzene rings is 1. The number of anilines is 1. The number of hydrogen-bond donors (Lipinski definition) is 2. The van der Waals surface area contributed by atoms with Crippen molar-refractivity contribution in [3.05, 3.63) is 107 Å². The minimum Gasteiger partial charge on any atom is -0.352 e. The van der Waals surface area contributed by atoms with Crippen LogP contribution in [-0.4, -0.2) is 37.0 Å². The number of carbonyl (C=O) groups excluding carboxylic acids is 1. The topological polar surface area (TPSA) is 75.1 Å². The number of thiocarbonyl (C=S) groups is 1. The number of rotatable bonds is 7. The highest BCUT2D eigenvalue weighted by Crippen LogP contribution is 2.41.